The highest BCUT2D eigenvalue weighted by Crippen LogP contribution is 2.58. The van der Waals surface area contributed by atoms with Crippen LogP contribution in [0.2, 0.25) is 0 Å². The van der Waals surface area contributed by atoms with Crippen LogP contribution in [0, 0.1) is 0 Å². The fourth-order valence-corrected chi connectivity index (χ4v) is 16.3. The molecule has 13 rings (SSSR count). The molecule has 11 aromatic carbocycles. The minimum atomic E-state index is -1.18. The number of anilines is 6. The van der Waals surface area contributed by atoms with Gasteiger partial charge < -0.3 is 9.80 Å². The summed E-state index contributed by atoms with van der Waals surface area (Å²) in [6, 6.07) is 24.6. The smallest absolute Gasteiger partial charge is 0.252 e. The van der Waals surface area contributed by atoms with Gasteiger partial charge >= 0.3 is 0 Å². The average molecular weight is 1620 g/mol. The molecule has 0 bridgehead atoms. The Kier molecular flexibility index (Phi) is 16.9. The molecule has 121 heavy (non-hydrogen) atoms. The average Bonchev–Trinajstić information content (AvgIpc) is 0.687. The lowest BCUT2D eigenvalue weighted by Gasteiger charge is -2.47. The summed E-state index contributed by atoms with van der Waals surface area (Å²) in [4.78, 5) is 3.98. The maximum absolute atomic E-state index is 11.7. The van der Waals surface area contributed by atoms with E-state index in [4.69, 9.17) is 0 Å². The van der Waals surface area contributed by atoms with Crippen LogP contribution in [0.4, 0.5) is 34.1 Å². The first-order chi connectivity index (χ1) is 62.8. The van der Waals surface area contributed by atoms with Gasteiger partial charge in [0.15, 0.2) is 0 Å². The second kappa shape index (κ2) is 29.9. The maximum Gasteiger partial charge on any atom is 0.252 e. The molecule has 0 amide bonds. The van der Waals surface area contributed by atoms with Crippen molar-refractivity contribution in [2.24, 2.45) is 0 Å². The predicted molar refractivity (Wildman–Crippen MR) is 536 cm³/mol. The van der Waals surface area contributed by atoms with Gasteiger partial charge in [-0.3, -0.25) is 0 Å². The minimum absolute atomic E-state index is 0.0133. The SMILES string of the molecule is [2H]c1c([2H])c(C(C)(C)C)c([2H])c([2H])c1-c1c([2H])c(C(C)(C)C)c([2H])c(-c2c([2H])c(C(C)(C)C)c([2H])c(C(C)(C)C)c2[2H])c1N1c2ccc(-c3cc(C(C)(C)C)cc(C(C)(C)C)c3)cc2B2c3cc(-c4ccc(C(C)(C)C)cc4C(C)(C)C)ccc3N(c3c(-c4c([2H])c([2H])c(C(C)(C)C)c([2H])c4[2H])c([2H])c(C(C)(C)C)c([2H])c3-c3c([2H])c([2H])c(C(C)(C)C)c([2H])c3C(C)(C)C)c3cc(C(C)(C)C)cc1c32. The molecule has 2 nitrogen and oxygen atoms in total. The monoisotopic (exact) mass is 1620 g/mol. The molecule has 0 unspecified atom stereocenters. The first-order valence-corrected chi connectivity index (χ1v) is 44.1. The summed E-state index contributed by atoms with van der Waals surface area (Å²) in [5, 5.41) is 0. The second-order valence-corrected chi connectivity index (χ2v) is 48.3. The summed E-state index contributed by atoms with van der Waals surface area (Å²) < 4.78 is 197. The van der Waals surface area contributed by atoms with Gasteiger partial charge in [0.25, 0.3) is 6.71 Å². The lowest BCUT2D eigenvalue weighted by atomic mass is 9.33. The lowest BCUT2D eigenvalue weighted by molar-refractivity contribution is 0.568. The van der Waals surface area contributed by atoms with E-state index in [9.17, 15) is 24.7 Å². The summed E-state index contributed by atoms with van der Waals surface area (Å²) in [5.41, 5.74) is 1.26. The Hall–Kier alpha value is -8.92. The highest BCUT2D eigenvalue weighted by molar-refractivity contribution is 7.00. The molecule has 0 fully saturated rings. The first-order valence-electron chi connectivity index (χ1n) is 53.1. The molecule has 3 heteroatoms. The van der Waals surface area contributed by atoms with Crippen molar-refractivity contribution in [3.63, 3.8) is 0 Å². The van der Waals surface area contributed by atoms with Gasteiger partial charge in [0, 0.05) is 45.0 Å². The Labute approximate surface area is 761 Å². The predicted octanol–water partition coefficient (Wildman–Crippen LogP) is 32.6. The van der Waals surface area contributed by atoms with Gasteiger partial charge in [-0.05, 0) is 252 Å². The topological polar surface area (TPSA) is 6.48 Å². The van der Waals surface area contributed by atoms with Crippen LogP contribution in [0.3, 0.4) is 0 Å². The molecule has 0 atom stereocenters. The van der Waals surface area contributed by atoms with Crippen LogP contribution in [0.5, 0.6) is 0 Å². The van der Waals surface area contributed by atoms with E-state index in [1.54, 1.807) is 0 Å². The molecule has 0 spiro atoms. The third-order valence-corrected chi connectivity index (χ3v) is 24.1. The van der Waals surface area contributed by atoms with Gasteiger partial charge in [-0.25, -0.2) is 0 Å². The van der Waals surface area contributed by atoms with Gasteiger partial charge in [0.1, 0.15) is 0 Å². The molecule has 2 aliphatic rings. The van der Waals surface area contributed by atoms with E-state index >= 15 is 0 Å². The van der Waals surface area contributed by atoms with Gasteiger partial charge in [0.05, 0.1) is 36.0 Å². The highest BCUT2D eigenvalue weighted by atomic mass is 15.2. The number of nitrogens with zero attached hydrogens (tertiary/aromatic N) is 2. The summed E-state index contributed by atoms with van der Waals surface area (Å²) in [5.74, 6) is 0. The fraction of sp³-hybridized carbons (Fsp3) is 0.441. The third kappa shape index (κ3) is 17.7. The maximum atomic E-state index is 11.7. The van der Waals surface area contributed by atoms with E-state index in [-0.39, 0.29) is 196 Å². The summed E-state index contributed by atoms with van der Waals surface area (Å²) in [7, 11) is 0. The molecule has 0 aromatic heterocycles. The number of rotatable bonds is 8. The Morgan fingerprint density at radius 2 is 0.537 bits per heavy atom. The van der Waals surface area contributed by atoms with Gasteiger partial charge in [-0.1, -0.05) is 415 Å². The van der Waals surface area contributed by atoms with E-state index < -0.39 is 85.0 Å². The zero-order valence-electron chi connectivity index (χ0n) is 99.1. The van der Waals surface area contributed by atoms with E-state index in [0.29, 0.717) is 50.3 Å². The van der Waals surface area contributed by atoms with Crippen molar-refractivity contribution in [1.82, 2.24) is 0 Å². The molecule has 0 radical (unpaired) electrons. The molecular formula is C118H149BN2. The molecule has 0 N–H and O–H groups in total. The standard InChI is InChI=1S/C118H149BN2/c1-106(2,3)78-46-40-72(41-47-78)91-64-86(114(25,26)27)66-93(77-58-84(112(19,20)21)63-85(59-77)113(22,23)24)104(91)120-99-54-44-74(76-56-82(110(13,14)15)62-83(57-76)111(16,17)18)60-97(99)119-98-61-75(89-52-50-80(108(7,8)9)68-95(89)117(34,35)36)45-55-100(98)121(102-71-88(116(31,32)33)70-101(120)103(102)119)105-92(73-42-48-79(49-43-73)107(4,5)6)65-87(115(28,29)30)67-94(105)90-53-51-81(109(10,11)12)69-96(90)118(37,38)39/h40-71H,1-39H3/i40D,41D,42D,43D,46D,47D,48D,49D,51D,53D,58D,59D,63D,64D,65D,66D,67D,69D. The van der Waals surface area contributed by atoms with Crippen LogP contribution in [0.15, 0.2) is 194 Å². The normalized spacial score (nSPS) is 16.3. The molecule has 634 valence electrons. The molecular weight excluding hydrogens is 1460 g/mol. The Balaban J connectivity index is 1.48. The van der Waals surface area contributed by atoms with Crippen LogP contribution < -0.4 is 26.2 Å². The van der Waals surface area contributed by atoms with E-state index in [2.05, 4.69) is 189 Å². The van der Waals surface area contributed by atoms with Crippen LogP contribution in [-0.2, 0) is 70.4 Å². The van der Waals surface area contributed by atoms with E-state index in [0.717, 1.165) is 44.5 Å². The van der Waals surface area contributed by atoms with Crippen molar-refractivity contribution in [2.45, 2.75) is 340 Å². The van der Waals surface area contributed by atoms with Crippen molar-refractivity contribution in [3.8, 4) is 66.8 Å². The van der Waals surface area contributed by atoms with Crippen LogP contribution in [0.25, 0.3) is 66.8 Å². The number of hydrogen-bond donors (Lipinski definition) is 0. The second-order valence-electron chi connectivity index (χ2n) is 48.3. The summed E-state index contributed by atoms with van der Waals surface area (Å²) in [6.45, 7) is 77.1. The first kappa shape index (κ1) is 68.5. The molecule has 0 aliphatic carbocycles. The largest absolute Gasteiger partial charge is 0.310 e. The number of hydrogen-bond acceptors (Lipinski definition) is 2. The van der Waals surface area contributed by atoms with Gasteiger partial charge in [-0.2, -0.15) is 0 Å². The molecule has 0 saturated heterocycles. The highest BCUT2D eigenvalue weighted by Gasteiger charge is 2.48. The molecule has 0 saturated carbocycles. The van der Waals surface area contributed by atoms with Crippen LogP contribution in [0.1, 0.15) is 367 Å². The van der Waals surface area contributed by atoms with Crippen LogP contribution in [-0.4, -0.2) is 6.71 Å². The lowest BCUT2D eigenvalue weighted by Crippen LogP contribution is -2.61. The summed E-state index contributed by atoms with van der Waals surface area (Å²) in [6.07, 6.45) is 0. The zero-order valence-corrected chi connectivity index (χ0v) is 81.1. The third-order valence-electron chi connectivity index (χ3n) is 24.1. The van der Waals surface area contributed by atoms with Crippen LogP contribution >= 0.6 is 0 Å². The van der Waals surface area contributed by atoms with Gasteiger partial charge in [-0.15, -0.1) is 0 Å². The van der Waals surface area contributed by atoms with Crippen molar-refractivity contribution in [3.05, 3.63) is 266 Å². The molecule has 2 aliphatic heterocycles. The molecule has 11 aromatic rings. The Morgan fingerprint density at radius 3 is 0.926 bits per heavy atom. The minimum Gasteiger partial charge on any atom is -0.310 e. The van der Waals surface area contributed by atoms with Crippen molar-refractivity contribution < 1.29 is 24.7 Å². The number of fused-ring (bicyclic) bond motifs is 4. The molecule has 2 heterocycles. The quantitative estimate of drug-likeness (QED) is 0.140. The van der Waals surface area contributed by atoms with Crippen molar-refractivity contribution >= 4 is 57.2 Å². The van der Waals surface area contributed by atoms with E-state index in [1.165, 1.54) is 0 Å². The fourth-order valence-electron chi connectivity index (χ4n) is 16.3. The van der Waals surface area contributed by atoms with Crippen molar-refractivity contribution in [2.75, 3.05) is 9.80 Å². The number of benzene rings is 11. The van der Waals surface area contributed by atoms with E-state index in [1.807, 2.05) is 176 Å². The Bertz CT molecular complexity index is 6860. The summed E-state index contributed by atoms with van der Waals surface area (Å²) >= 11 is 0. The Morgan fingerprint density at radius 1 is 0.198 bits per heavy atom. The van der Waals surface area contributed by atoms with Gasteiger partial charge in [0.2, 0.25) is 0 Å². The zero-order chi connectivity index (χ0) is 105. The van der Waals surface area contributed by atoms with Crippen molar-refractivity contribution in [1.29, 1.82) is 0 Å².